The van der Waals surface area contributed by atoms with Gasteiger partial charge >= 0.3 is 0 Å². The first-order valence-electron chi connectivity index (χ1n) is 9.68. The number of carbonyl (C=O) groups is 1. The standard InChI is InChI=1S/C22H19FN4O3S2/c1-14-10-11-16(13-17(14)23)24-22(28)19(12-15-6-3-2-4-7-15)27-32(29,30)20-9-5-8-18-21(20)26-31-25-18/h2-11,13,19,27H,12H2,1H3,(H,24,28)/t19-/m1/s1. The lowest BCUT2D eigenvalue weighted by atomic mass is 10.1. The van der Waals surface area contributed by atoms with Crippen molar-refractivity contribution in [2.24, 2.45) is 0 Å². The zero-order valence-corrected chi connectivity index (χ0v) is 18.6. The van der Waals surface area contributed by atoms with E-state index in [2.05, 4.69) is 18.8 Å². The molecule has 0 bridgehead atoms. The van der Waals surface area contributed by atoms with Crippen LogP contribution in [-0.4, -0.2) is 29.1 Å². The first kappa shape index (κ1) is 22.0. The molecular weight excluding hydrogens is 451 g/mol. The summed E-state index contributed by atoms with van der Waals surface area (Å²) < 4.78 is 50.9. The molecule has 10 heteroatoms. The normalized spacial score (nSPS) is 12.6. The van der Waals surface area contributed by atoms with Crippen LogP contribution in [0.1, 0.15) is 11.1 Å². The summed E-state index contributed by atoms with van der Waals surface area (Å²) in [5, 5.41) is 2.60. The number of nitrogens with zero attached hydrogens (tertiary/aromatic N) is 2. The zero-order valence-electron chi connectivity index (χ0n) is 16.9. The fraction of sp³-hybridized carbons (Fsp3) is 0.136. The molecule has 0 fully saturated rings. The van der Waals surface area contributed by atoms with Crippen LogP contribution in [0.5, 0.6) is 0 Å². The van der Waals surface area contributed by atoms with E-state index in [4.69, 9.17) is 0 Å². The number of anilines is 1. The van der Waals surface area contributed by atoms with E-state index in [0.717, 1.165) is 17.3 Å². The highest BCUT2D eigenvalue weighted by molar-refractivity contribution is 7.89. The molecule has 1 heterocycles. The Labute approximate surface area is 188 Å². The lowest BCUT2D eigenvalue weighted by Gasteiger charge is -2.19. The third-order valence-corrected chi connectivity index (χ3v) is 6.92. The molecule has 164 valence electrons. The molecule has 32 heavy (non-hydrogen) atoms. The number of sulfonamides is 1. The minimum Gasteiger partial charge on any atom is -0.325 e. The van der Waals surface area contributed by atoms with Crippen molar-refractivity contribution in [3.8, 4) is 0 Å². The summed E-state index contributed by atoms with van der Waals surface area (Å²) in [4.78, 5) is 13.0. The Hall–Kier alpha value is -3.21. The van der Waals surface area contributed by atoms with Crippen molar-refractivity contribution in [2.45, 2.75) is 24.3 Å². The van der Waals surface area contributed by atoms with Crippen LogP contribution in [0.2, 0.25) is 0 Å². The molecule has 0 spiro atoms. The predicted molar refractivity (Wildman–Crippen MR) is 121 cm³/mol. The zero-order chi connectivity index (χ0) is 22.7. The minimum atomic E-state index is -4.11. The number of nitrogens with one attached hydrogen (secondary N) is 2. The maximum absolute atomic E-state index is 13.9. The van der Waals surface area contributed by atoms with Crippen LogP contribution in [0.15, 0.2) is 71.6 Å². The second kappa shape index (κ2) is 9.11. The van der Waals surface area contributed by atoms with E-state index >= 15 is 0 Å². The molecule has 0 aliphatic carbocycles. The number of benzene rings is 3. The predicted octanol–water partition coefficient (Wildman–Crippen LogP) is 3.67. The molecule has 0 saturated carbocycles. The number of fused-ring (bicyclic) bond motifs is 1. The van der Waals surface area contributed by atoms with Gasteiger partial charge in [-0.1, -0.05) is 42.5 Å². The van der Waals surface area contributed by atoms with Gasteiger partial charge in [0, 0.05) is 5.69 Å². The number of aryl methyl sites for hydroxylation is 1. The molecule has 7 nitrogen and oxygen atoms in total. The topological polar surface area (TPSA) is 101 Å². The van der Waals surface area contributed by atoms with Gasteiger partial charge in [0.15, 0.2) is 0 Å². The molecule has 0 saturated heterocycles. The summed E-state index contributed by atoms with van der Waals surface area (Å²) in [6.45, 7) is 1.61. The number of carbonyl (C=O) groups excluding carboxylic acids is 1. The maximum atomic E-state index is 13.9. The third-order valence-electron chi connectivity index (χ3n) is 4.87. The highest BCUT2D eigenvalue weighted by Gasteiger charge is 2.28. The van der Waals surface area contributed by atoms with Gasteiger partial charge in [0.05, 0.1) is 11.7 Å². The average molecular weight is 471 g/mol. The van der Waals surface area contributed by atoms with E-state index in [0.29, 0.717) is 11.1 Å². The van der Waals surface area contributed by atoms with Crippen molar-refractivity contribution < 1.29 is 17.6 Å². The van der Waals surface area contributed by atoms with Gasteiger partial charge in [-0.3, -0.25) is 4.79 Å². The molecule has 1 atom stereocenters. The van der Waals surface area contributed by atoms with Gasteiger partial charge in [-0.15, -0.1) is 0 Å². The largest absolute Gasteiger partial charge is 0.325 e. The van der Waals surface area contributed by atoms with Gasteiger partial charge in [-0.2, -0.15) is 13.5 Å². The SMILES string of the molecule is Cc1ccc(NC(=O)[C@@H](Cc2ccccc2)NS(=O)(=O)c2cccc3nsnc23)cc1F. The monoisotopic (exact) mass is 470 g/mol. The Kier molecular flexibility index (Phi) is 6.26. The molecule has 4 aromatic rings. The van der Waals surface area contributed by atoms with Crippen LogP contribution in [0, 0.1) is 12.7 Å². The molecule has 0 unspecified atom stereocenters. The molecule has 1 amide bonds. The van der Waals surface area contributed by atoms with E-state index in [1.807, 2.05) is 6.07 Å². The molecule has 4 rings (SSSR count). The fourth-order valence-corrected chi connectivity index (χ4v) is 5.15. The number of amides is 1. The number of halogens is 1. The van der Waals surface area contributed by atoms with Crippen molar-refractivity contribution in [1.82, 2.24) is 13.5 Å². The highest BCUT2D eigenvalue weighted by atomic mass is 32.2. The maximum Gasteiger partial charge on any atom is 0.243 e. The van der Waals surface area contributed by atoms with Gasteiger partial charge in [-0.25, -0.2) is 12.8 Å². The van der Waals surface area contributed by atoms with Crippen LogP contribution in [-0.2, 0) is 21.2 Å². The molecule has 2 N–H and O–H groups in total. The summed E-state index contributed by atoms with van der Waals surface area (Å²) in [5.74, 6) is -1.07. The first-order chi connectivity index (χ1) is 15.3. The molecular formula is C22H19FN4O3S2. The summed E-state index contributed by atoms with van der Waals surface area (Å²) in [7, 11) is -4.11. The second-order valence-electron chi connectivity index (χ2n) is 7.20. The van der Waals surface area contributed by atoms with Gasteiger partial charge < -0.3 is 5.32 Å². The van der Waals surface area contributed by atoms with Gasteiger partial charge in [0.2, 0.25) is 15.9 Å². The van der Waals surface area contributed by atoms with E-state index in [9.17, 15) is 17.6 Å². The fourth-order valence-electron chi connectivity index (χ4n) is 3.19. The molecule has 0 radical (unpaired) electrons. The molecule has 0 aliphatic rings. The lowest BCUT2D eigenvalue weighted by Crippen LogP contribution is -2.45. The van der Waals surface area contributed by atoms with Crippen molar-refractivity contribution in [3.63, 3.8) is 0 Å². The number of rotatable bonds is 7. The first-order valence-corrected chi connectivity index (χ1v) is 11.9. The Morgan fingerprint density at radius 3 is 2.59 bits per heavy atom. The quantitative estimate of drug-likeness (QED) is 0.429. The van der Waals surface area contributed by atoms with E-state index < -0.39 is 27.8 Å². The Bertz CT molecular complexity index is 1370. The number of hydrogen-bond acceptors (Lipinski definition) is 6. The smallest absolute Gasteiger partial charge is 0.243 e. The second-order valence-corrected chi connectivity index (χ2v) is 9.42. The Morgan fingerprint density at radius 2 is 1.84 bits per heavy atom. The molecule has 3 aromatic carbocycles. The van der Waals surface area contributed by atoms with Crippen LogP contribution in [0.25, 0.3) is 11.0 Å². The lowest BCUT2D eigenvalue weighted by molar-refractivity contribution is -0.117. The van der Waals surface area contributed by atoms with Gasteiger partial charge in [-0.05, 0) is 48.7 Å². The minimum absolute atomic E-state index is 0.0593. The average Bonchev–Trinajstić information content (AvgIpc) is 3.25. The number of aromatic nitrogens is 2. The Balaban J connectivity index is 1.65. The Morgan fingerprint density at radius 1 is 1.06 bits per heavy atom. The van der Waals surface area contributed by atoms with Crippen molar-refractivity contribution in [2.75, 3.05) is 5.32 Å². The number of hydrogen-bond donors (Lipinski definition) is 2. The van der Waals surface area contributed by atoms with Crippen LogP contribution in [0.3, 0.4) is 0 Å². The molecule has 0 aliphatic heterocycles. The van der Waals surface area contributed by atoms with E-state index in [1.165, 1.54) is 18.2 Å². The van der Waals surface area contributed by atoms with Gasteiger partial charge in [0.1, 0.15) is 27.8 Å². The van der Waals surface area contributed by atoms with Crippen molar-refractivity contribution in [1.29, 1.82) is 0 Å². The van der Waals surface area contributed by atoms with Crippen molar-refractivity contribution in [3.05, 3.63) is 83.7 Å². The van der Waals surface area contributed by atoms with E-state index in [1.54, 1.807) is 49.4 Å². The molecule has 1 aromatic heterocycles. The van der Waals surface area contributed by atoms with E-state index in [-0.39, 0.29) is 22.5 Å². The van der Waals surface area contributed by atoms with Crippen LogP contribution >= 0.6 is 11.7 Å². The summed E-state index contributed by atoms with van der Waals surface area (Å²) in [5.41, 5.74) is 2.14. The summed E-state index contributed by atoms with van der Waals surface area (Å²) in [6, 6.07) is 16.8. The van der Waals surface area contributed by atoms with Crippen LogP contribution < -0.4 is 10.0 Å². The summed E-state index contributed by atoms with van der Waals surface area (Å²) >= 11 is 0.908. The van der Waals surface area contributed by atoms with Gasteiger partial charge in [0.25, 0.3) is 0 Å². The van der Waals surface area contributed by atoms with Crippen molar-refractivity contribution >= 4 is 44.4 Å². The third kappa shape index (κ3) is 4.82. The highest BCUT2D eigenvalue weighted by Crippen LogP contribution is 2.22. The van der Waals surface area contributed by atoms with Crippen LogP contribution in [0.4, 0.5) is 10.1 Å². The summed E-state index contributed by atoms with van der Waals surface area (Å²) in [6.07, 6.45) is 0.103.